The molecule has 1 aromatic rings. The number of thioether (sulfide) groups is 1. The van der Waals surface area contributed by atoms with Crippen LogP contribution in [-0.4, -0.2) is 10.5 Å². The Morgan fingerprint density at radius 1 is 1.06 bits per heavy atom. The molecule has 0 atom stereocenters. The summed E-state index contributed by atoms with van der Waals surface area (Å²) in [6.45, 7) is 0. The van der Waals surface area contributed by atoms with Gasteiger partial charge in [0.05, 0.1) is 0 Å². The van der Waals surface area contributed by atoms with Crippen molar-refractivity contribution in [3.63, 3.8) is 0 Å². The molecule has 0 spiro atoms. The molecule has 1 aromatic heterocycles. The molecule has 1 nitrogen and oxygen atoms in total. The van der Waals surface area contributed by atoms with Gasteiger partial charge in [-0.2, -0.15) is 26.3 Å². The van der Waals surface area contributed by atoms with Crippen molar-refractivity contribution in [3.8, 4) is 0 Å². The van der Waals surface area contributed by atoms with E-state index in [-0.39, 0.29) is 3.57 Å². The van der Waals surface area contributed by atoms with Crippen molar-refractivity contribution in [3.05, 3.63) is 21.4 Å². The number of hydrogen-bond donors (Lipinski definition) is 0. The Labute approximate surface area is 104 Å². The van der Waals surface area contributed by atoms with Gasteiger partial charge >= 0.3 is 11.7 Å². The summed E-state index contributed by atoms with van der Waals surface area (Å²) in [5, 5.41) is -0.692. The zero-order chi connectivity index (χ0) is 12.6. The van der Waals surface area contributed by atoms with Gasteiger partial charge in [-0.3, -0.25) is 0 Å². The number of hydrogen-bond acceptors (Lipinski definition) is 2. The van der Waals surface area contributed by atoms with Gasteiger partial charge in [-0.05, 0) is 34.7 Å². The maximum Gasteiger partial charge on any atom is 0.447 e. The molecule has 90 valence electrons. The van der Waals surface area contributed by atoms with Crippen molar-refractivity contribution < 1.29 is 26.3 Å². The smallest absolute Gasteiger partial charge is 0.236 e. The normalized spacial score (nSPS) is 12.9. The van der Waals surface area contributed by atoms with Gasteiger partial charge in [0.25, 0.3) is 0 Å². The van der Waals surface area contributed by atoms with Gasteiger partial charge in [0.15, 0.2) is 0 Å². The van der Waals surface area contributed by atoms with Gasteiger partial charge < -0.3 is 0 Å². The first kappa shape index (κ1) is 13.9. The molecule has 1 heterocycles. The van der Waals surface area contributed by atoms with Crippen LogP contribution in [0, 0.1) is 3.57 Å². The third-order valence-electron chi connectivity index (χ3n) is 1.32. The van der Waals surface area contributed by atoms with Crippen LogP contribution >= 0.6 is 34.4 Å². The maximum absolute atomic E-state index is 12.2. The average molecular weight is 373 g/mol. The molecular formula is C7H2F6INS. The van der Waals surface area contributed by atoms with Crippen LogP contribution in [0.1, 0.15) is 5.69 Å². The number of nitrogens with zero attached hydrogens (tertiary/aromatic N) is 1. The third-order valence-corrected chi connectivity index (χ3v) is 3.29. The lowest BCUT2D eigenvalue weighted by Gasteiger charge is -2.10. The molecule has 1 rings (SSSR count). The van der Waals surface area contributed by atoms with Crippen LogP contribution < -0.4 is 0 Å². The first-order valence-corrected chi connectivity index (χ1v) is 5.48. The second-order valence-electron chi connectivity index (χ2n) is 2.53. The van der Waals surface area contributed by atoms with E-state index in [1.807, 2.05) is 0 Å². The number of alkyl halides is 6. The molecule has 0 unspecified atom stereocenters. The lowest BCUT2D eigenvalue weighted by atomic mass is 10.3. The second kappa shape index (κ2) is 4.59. The highest BCUT2D eigenvalue weighted by Crippen LogP contribution is 2.39. The molecule has 0 N–H and O–H groups in total. The van der Waals surface area contributed by atoms with Crippen LogP contribution in [0.5, 0.6) is 0 Å². The van der Waals surface area contributed by atoms with Gasteiger partial charge in [-0.15, -0.1) is 0 Å². The lowest BCUT2D eigenvalue weighted by Crippen LogP contribution is -2.10. The molecule has 0 bridgehead atoms. The first-order valence-electron chi connectivity index (χ1n) is 3.59. The lowest BCUT2D eigenvalue weighted by molar-refractivity contribution is -0.141. The van der Waals surface area contributed by atoms with Crippen molar-refractivity contribution in [1.29, 1.82) is 0 Å². The largest absolute Gasteiger partial charge is 0.447 e. The van der Waals surface area contributed by atoms with E-state index in [4.69, 9.17) is 0 Å². The summed E-state index contributed by atoms with van der Waals surface area (Å²) in [5.41, 5.74) is -5.99. The molecule has 0 aliphatic carbocycles. The Morgan fingerprint density at radius 3 is 2.06 bits per heavy atom. The number of aromatic nitrogens is 1. The van der Waals surface area contributed by atoms with Crippen LogP contribution in [0.2, 0.25) is 0 Å². The average Bonchev–Trinajstić information content (AvgIpc) is 2.04. The molecular weight excluding hydrogens is 371 g/mol. The molecule has 0 aromatic carbocycles. The highest BCUT2D eigenvalue weighted by molar-refractivity contribution is 14.1. The number of pyridine rings is 1. The maximum atomic E-state index is 12.2. The fourth-order valence-corrected chi connectivity index (χ4v) is 1.92. The third kappa shape index (κ3) is 4.00. The second-order valence-corrected chi connectivity index (χ2v) is 4.74. The zero-order valence-electron chi connectivity index (χ0n) is 7.16. The van der Waals surface area contributed by atoms with Crippen LogP contribution in [0.4, 0.5) is 26.3 Å². The molecule has 0 fully saturated rings. The predicted molar refractivity (Wildman–Crippen MR) is 53.9 cm³/mol. The zero-order valence-corrected chi connectivity index (χ0v) is 10.1. The van der Waals surface area contributed by atoms with Crippen LogP contribution in [-0.2, 0) is 6.18 Å². The summed E-state index contributed by atoms with van der Waals surface area (Å²) < 4.78 is 72.5. The molecule has 0 radical (unpaired) electrons. The van der Waals surface area contributed by atoms with Crippen molar-refractivity contribution in [2.24, 2.45) is 0 Å². The van der Waals surface area contributed by atoms with E-state index in [1.54, 1.807) is 0 Å². The van der Waals surface area contributed by atoms with Gasteiger partial charge in [0.1, 0.15) is 10.7 Å². The van der Waals surface area contributed by atoms with Gasteiger partial charge in [0, 0.05) is 15.3 Å². The summed E-state index contributed by atoms with van der Waals surface area (Å²) in [7, 11) is 0. The van der Waals surface area contributed by atoms with Crippen molar-refractivity contribution in [2.45, 2.75) is 16.7 Å². The SMILES string of the molecule is FC(F)(F)Sc1nc(C(F)(F)F)ccc1I. The van der Waals surface area contributed by atoms with E-state index in [0.717, 1.165) is 6.07 Å². The monoisotopic (exact) mass is 373 g/mol. The Hall–Kier alpha value is -0.190. The Kier molecular flexibility index (Phi) is 3.98. The molecule has 16 heavy (non-hydrogen) atoms. The van der Waals surface area contributed by atoms with Gasteiger partial charge in [-0.1, -0.05) is 0 Å². The Morgan fingerprint density at radius 2 is 1.62 bits per heavy atom. The fourth-order valence-electron chi connectivity index (χ4n) is 0.763. The molecule has 0 saturated heterocycles. The molecule has 0 aliphatic rings. The summed E-state index contributed by atoms with van der Waals surface area (Å²) in [6.07, 6.45) is -4.74. The highest BCUT2D eigenvalue weighted by atomic mass is 127. The topological polar surface area (TPSA) is 12.9 Å². The van der Waals surface area contributed by atoms with E-state index in [2.05, 4.69) is 4.98 Å². The molecule has 9 heteroatoms. The van der Waals surface area contributed by atoms with Crippen molar-refractivity contribution in [1.82, 2.24) is 4.98 Å². The van der Waals surface area contributed by atoms with Crippen molar-refractivity contribution in [2.75, 3.05) is 0 Å². The Bertz CT molecular complexity index is 387. The van der Waals surface area contributed by atoms with E-state index < -0.39 is 34.2 Å². The minimum Gasteiger partial charge on any atom is -0.236 e. The predicted octanol–water partition coefficient (Wildman–Crippen LogP) is 4.32. The van der Waals surface area contributed by atoms with Crippen LogP contribution in [0.25, 0.3) is 0 Å². The summed E-state index contributed by atoms with van der Waals surface area (Å²) >= 11 is 0.834. The van der Waals surface area contributed by atoms with E-state index >= 15 is 0 Å². The standard InChI is InChI=1S/C7H2F6INS/c8-6(9,10)4-2-1-3(14)5(15-4)16-7(11,12)13/h1-2H. The van der Waals surface area contributed by atoms with E-state index in [9.17, 15) is 26.3 Å². The number of halogens is 7. The Balaban J connectivity index is 3.10. The fraction of sp³-hybridized carbons (Fsp3) is 0.286. The van der Waals surface area contributed by atoms with Gasteiger partial charge in [-0.25, -0.2) is 4.98 Å². The van der Waals surface area contributed by atoms with E-state index in [1.165, 1.54) is 22.6 Å². The highest BCUT2D eigenvalue weighted by Gasteiger charge is 2.36. The van der Waals surface area contributed by atoms with Crippen LogP contribution in [0.3, 0.4) is 0 Å². The summed E-state index contributed by atoms with van der Waals surface area (Å²) in [6, 6.07) is 1.59. The minimum atomic E-state index is -4.74. The quantitative estimate of drug-likeness (QED) is 0.413. The first-order chi connectivity index (χ1) is 7.09. The number of rotatable bonds is 1. The summed E-state index contributed by atoms with van der Waals surface area (Å²) in [4.78, 5) is 2.94. The van der Waals surface area contributed by atoms with E-state index in [0.29, 0.717) is 6.07 Å². The summed E-state index contributed by atoms with van der Waals surface area (Å²) in [5.74, 6) is 0. The molecule has 0 aliphatic heterocycles. The van der Waals surface area contributed by atoms with Crippen molar-refractivity contribution >= 4 is 34.4 Å². The minimum absolute atomic E-state index is 0.0212. The molecule has 0 saturated carbocycles. The van der Waals surface area contributed by atoms with Crippen LogP contribution in [0.15, 0.2) is 17.2 Å². The van der Waals surface area contributed by atoms with Gasteiger partial charge in [0.2, 0.25) is 0 Å². The molecule has 0 amide bonds.